The van der Waals surface area contributed by atoms with Crippen LogP contribution in [0.5, 0.6) is 0 Å². The highest BCUT2D eigenvalue weighted by Gasteiger charge is 2.10. The Bertz CT molecular complexity index is 404. The highest BCUT2D eigenvalue weighted by molar-refractivity contribution is 5.78. The molecule has 1 aromatic carbocycles. The zero-order chi connectivity index (χ0) is 12.1. The van der Waals surface area contributed by atoms with Crippen LogP contribution in [0.15, 0.2) is 24.3 Å². The van der Waals surface area contributed by atoms with Gasteiger partial charge in [0.25, 0.3) is 0 Å². The number of hydrogen-bond donors (Lipinski definition) is 3. The van der Waals surface area contributed by atoms with E-state index in [0.717, 1.165) is 5.56 Å². The van der Waals surface area contributed by atoms with Gasteiger partial charge in [0, 0.05) is 5.69 Å². The van der Waals surface area contributed by atoms with Crippen molar-refractivity contribution in [1.29, 1.82) is 0 Å². The van der Waals surface area contributed by atoms with Crippen molar-refractivity contribution in [1.82, 2.24) is 0 Å². The number of carbonyl (C=O) groups excluding carboxylic acids is 1. The highest BCUT2D eigenvalue weighted by Crippen LogP contribution is 2.12. The van der Waals surface area contributed by atoms with Gasteiger partial charge in [-0.1, -0.05) is 12.1 Å². The van der Waals surface area contributed by atoms with Crippen molar-refractivity contribution in [2.24, 2.45) is 5.73 Å². The Morgan fingerprint density at radius 2 is 2.19 bits per heavy atom. The van der Waals surface area contributed by atoms with Crippen LogP contribution >= 0.6 is 0 Å². The monoisotopic (exact) mass is 222 g/mol. The maximum absolute atomic E-state index is 10.7. The van der Waals surface area contributed by atoms with Gasteiger partial charge in [-0.25, -0.2) is 0 Å². The summed E-state index contributed by atoms with van der Waals surface area (Å²) in [5.41, 5.74) is 6.49. The van der Waals surface area contributed by atoms with Crippen LogP contribution < -0.4 is 11.1 Å². The van der Waals surface area contributed by atoms with Crippen molar-refractivity contribution in [3.63, 3.8) is 0 Å². The average Bonchev–Trinajstić information content (AvgIpc) is 2.16. The summed E-state index contributed by atoms with van der Waals surface area (Å²) in [6.45, 7) is 1.54. The summed E-state index contributed by atoms with van der Waals surface area (Å²) in [6, 6.07) is 6.29. The normalized spacial score (nSPS) is 11.8. The lowest BCUT2D eigenvalue weighted by Crippen LogP contribution is -2.25. The topological polar surface area (TPSA) is 92.4 Å². The second-order valence-electron chi connectivity index (χ2n) is 3.55. The third kappa shape index (κ3) is 3.61. The van der Waals surface area contributed by atoms with Gasteiger partial charge in [-0.05, 0) is 24.6 Å². The number of primary amides is 1. The van der Waals surface area contributed by atoms with Crippen molar-refractivity contribution in [3.8, 4) is 0 Å². The number of rotatable bonds is 5. The molecule has 0 heterocycles. The summed E-state index contributed by atoms with van der Waals surface area (Å²) in [7, 11) is 0. The molecule has 0 aliphatic rings. The Hall–Kier alpha value is -2.04. The molecule has 1 aromatic rings. The van der Waals surface area contributed by atoms with Crippen LogP contribution in [0.2, 0.25) is 0 Å². The molecule has 16 heavy (non-hydrogen) atoms. The molecule has 1 amide bonds. The SMILES string of the molecule is CC(Nc1cccc(CC(N)=O)c1)C(=O)O. The van der Waals surface area contributed by atoms with Gasteiger partial charge in [-0.15, -0.1) is 0 Å². The van der Waals surface area contributed by atoms with Crippen molar-refractivity contribution < 1.29 is 14.7 Å². The summed E-state index contributed by atoms with van der Waals surface area (Å²) in [5.74, 6) is -1.34. The summed E-state index contributed by atoms with van der Waals surface area (Å²) < 4.78 is 0. The van der Waals surface area contributed by atoms with Gasteiger partial charge in [0.1, 0.15) is 6.04 Å². The van der Waals surface area contributed by atoms with E-state index in [9.17, 15) is 9.59 Å². The minimum Gasteiger partial charge on any atom is -0.480 e. The lowest BCUT2D eigenvalue weighted by molar-refractivity contribution is -0.137. The Morgan fingerprint density at radius 1 is 1.50 bits per heavy atom. The molecule has 0 bridgehead atoms. The third-order valence-corrected chi connectivity index (χ3v) is 2.06. The first-order valence-electron chi connectivity index (χ1n) is 4.85. The first kappa shape index (κ1) is 12.0. The van der Waals surface area contributed by atoms with Gasteiger partial charge < -0.3 is 16.2 Å². The van der Waals surface area contributed by atoms with Crippen LogP contribution in [0, 0.1) is 0 Å². The summed E-state index contributed by atoms with van der Waals surface area (Å²) in [6.07, 6.45) is 0.150. The van der Waals surface area contributed by atoms with Crippen LogP contribution in [0.1, 0.15) is 12.5 Å². The predicted octanol–water partition coefficient (Wildman–Crippen LogP) is 0.599. The van der Waals surface area contributed by atoms with Gasteiger partial charge in [0.05, 0.1) is 6.42 Å². The molecular weight excluding hydrogens is 208 g/mol. The van der Waals surface area contributed by atoms with Crippen LogP contribution in [0.4, 0.5) is 5.69 Å². The molecule has 5 nitrogen and oxygen atoms in total. The van der Waals surface area contributed by atoms with Crippen LogP contribution in [-0.2, 0) is 16.0 Å². The summed E-state index contributed by atoms with van der Waals surface area (Å²) >= 11 is 0. The number of carboxylic acids is 1. The quantitative estimate of drug-likeness (QED) is 0.680. The fourth-order valence-electron chi connectivity index (χ4n) is 1.28. The van der Waals surface area contributed by atoms with Crippen LogP contribution in [0.25, 0.3) is 0 Å². The molecule has 1 atom stereocenters. The summed E-state index contributed by atoms with van der Waals surface area (Å²) in [5, 5.41) is 11.5. The van der Waals surface area contributed by atoms with E-state index in [4.69, 9.17) is 10.8 Å². The van der Waals surface area contributed by atoms with Gasteiger partial charge in [0.2, 0.25) is 5.91 Å². The molecule has 0 spiro atoms. The number of hydrogen-bond acceptors (Lipinski definition) is 3. The van der Waals surface area contributed by atoms with E-state index in [1.54, 1.807) is 31.2 Å². The predicted molar refractivity (Wildman–Crippen MR) is 60.1 cm³/mol. The maximum atomic E-state index is 10.7. The van der Waals surface area contributed by atoms with E-state index in [-0.39, 0.29) is 6.42 Å². The molecule has 1 unspecified atom stereocenters. The standard InChI is InChI=1S/C11H14N2O3/c1-7(11(15)16)13-9-4-2-3-8(5-9)6-10(12)14/h2-5,7,13H,6H2,1H3,(H2,12,14)(H,15,16). The number of nitrogens with one attached hydrogen (secondary N) is 1. The molecule has 0 aliphatic heterocycles. The lowest BCUT2D eigenvalue weighted by Gasteiger charge is -2.11. The number of carboxylic acid groups (broad SMARTS) is 1. The number of carbonyl (C=O) groups is 2. The molecule has 0 aromatic heterocycles. The molecule has 0 saturated heterocycles. The molecule has 0 aliphatic carbocycles. The highest BCUT2D eigenvalue weighted by atomic mass is 16.4. The minimum absolute atomic E-state index is 0.150. The van der Waals surface area contributed by atoms with Gasteiger partial charge >= 0.3 is 5.97 Å². The van der Waals surface area contributed by atoms with Gasteiger partial charge in [-0.2, -0.15) is 0 Å². The molecule has 4 N–H and O–H groups in total. The number of anilines is 1. The van der Waals surface area contributed by atoms with E-state index < -0.39 is 17.9 Å². The zero-order valence-corrected chi connectivity index (χ0v) is 8.93. The van der Waals surface area contributed by atoms with Crippen molar-refractivity contribution >= 4 is 17.6 Å². The van der Waals surface area contributed by atoms with Crippen molar-refractivity contribution in [2.45, 2.75) is 19.4 Å². The molecular formula is C11H14N2O3. The van der Waals surface area contributed by atoms with Crippen molar-refractivity contribution in [3.05, 3.63) is 29.8 Å². The average molecular weight is 222 g/mol. The van der Waals surface area contributed by atoms with Gasteiger partial charge in [-0.3, -0.25) is 9.59 Å². The molecule has 5 heteroatoms. The zero-order valence-electron chi connectivity index (χ0n) is 8.93. The Kier molecular flexibility index (Phi) is 3.88. The number of amides is 1. The summed E-state index contributed by atoms with van der Waals surface area (Å²) in [4.78, 5) is 21.3. The fraction of sp³-hybridized carbons (Fsp3) is 0.273. The Balaban J connectivity index is 2.74. The molecule has 0 radical (unpaired) electrons. The maximum Gasteiger partial charge on any atom is 0.325 e. The smallest absolute Gasteiger partial charge is 0.325 e. The van der Waals surface area contributed by atoms with E-state index >= 15 is 0 Å². The largest absolute Gasteiger partial charge is 0.480 e. The number of benzene rings is 1. The Morgan fingerprint density at radius 3 is 2.75 bits per heavy atom. The molecule has 86 valence electrons. The first-order valence-corrected chi connectivity index (χ1v) is 4.85. The lowest BCUT2D eigenvalue weighted by atomic mass is 10.1. The van der Waals surface area contributed by atoms with Gasteiger partial charge in [0.15, 0.2) is 0 Å². The van der Waals surface area contributed by atoms with Crippen LogP contribution in [0.3, 0.4) is 0 Å². The van der Waals surface area contributed by atoms with E-state index in [2.05, 4.69) is 5.32 Å². The molecule has 0 fully saturated rings. The fourth-order valence-corrected chi connectivity index (χ4v) is 1.28. The minimum atomic E-state index is -0.930. The Labute approximate surface area is 93.3 Å². The second-order valence-corrected chi connectivity index (χ2v) is 3.55. The van der Waals surface area contributed by atoms with Crippen LogP contribution in [-0.4, -0.2) is 23.0 Å². The van der Waals surface area contributed by atoms with E-state index in [1.807, 2.05) is 0 Å². The molecule has 1 rings (SSSR count). The number of nitrogens with two attached hydrogens (primary N) is 1. The van der Waals surface area contributed by atoms with E-state index in [0.29, 0.717) is 5.69 Å². The number of aliphatic carboxylic acids is 1. The van der Waals surface area contributed by atoms with E-state index in [1.165, 1.54) is 0 Å². The van der Waals surface area contributed by atoms with Crippen molar-refractivity contribution in [2.75, 3.05) is 5.32 Å². The molecule has 0 saturated carbocycles. The third-order valence-electron chi connectivity index (χ3n) is 2.06. The first-order chi connectivity index (χ1) is 7.49. The second kappa shape index (κ2) is 5.16.